The molecule has 20 heavy (non-hydrogen) atoms. The average Bonchev–Trinajstić information content (AvgIpc) is 2.44. The zero-order chi connectivity index (χ0) is 15.1. The van der Waals surface area contributed by atoms with Gasteiger partial charge in [0.05, 0.1) is 10.6 Å². The van der Waals surface area contributed by atoms with Crippen LogP contribution in [0.2, 0.25) is 5.02 Å². The maximum atomic E-state index is 12.3. The van der Waals surface area contributed by atoms with Gasteiger partial charge in [-0.05, 0) is 25.8 Å². The molecule has 0 saturated carbocycles. The Hall–Kier alpha value is -1.29. The largest absolute Gasteiger partial charge is 0.369 e. The van der Waals surface area contributed by atoms with Gasteiger partial charge in [0, 0.05) is 25.8 Å². The van der Waals surface area contributed by atoms with Crippen molar-refractivity contribution in [3.8, 4) is 0 Å². The predicted molar refractivity (Wildman–Crippen MR) is 84.5 cm³/mol. The van der Waals surface area contributed by atoms with Crippen LogP contribution in [0.25, 0.3) is 0 Å². The van der Waals surface area contributed by atoms with Crippen molar-refractivity contribution >= 4 is 23.3 Å². The smallest absolute Gasteiger partial charge is 0.255 e. The number of carbonyl (C=O) groups excluding carboxylic acids is 1. The summed E-state index contributed by atoms with van der Waals surface area (Å²) in [5, 5.41) is 3.62. The van der Waals surface area contributed by atoms with Crippen LogP contribution in [0.1, 0.15) is 50.4 Å². The number of amides is 1. The molecule has 0 bridgehead atoms. The minimum absolute atomic E-state index is 0.0395. The van der Waals surface area contributed by atoms with E-state index in [1.807, 2.05) is 14.0 Å². The van der Waals surface area contributed by atoms with Crippen LogP contribution in [-0.4, -0.2) is 35.4 Å². The van der Waals surface area contributed by atoms with Gasteiger partial charge in [-0.3, -0.25) is 4.79 Å². The second-order valence-electron chi connectivity index (χ2n) is 5.03. The summed E-state index contributed by atoms with van der Waals surface area (Å²) in [5.74, 6) is 0.594. The quantitative estimate of drug-likeness (QED) is 0.832. The maximum absolute atomic E-state index is 12.3. The summed E-state index contributed by atoms with van der Waals surface area (Å²) in [6, 6.07) is 1.90. The van der Waals surface area contributed by atoms with Crippen molar-refractivity contribution in [2.75, 3.05) is 18.9 Å². The fraction of sp³-hybridized carbons (Fsp3) is 0.600. The summed E-state index contributed by atoms with van der Waals surface area (Å²) >= 11 is 6.16. The van der Waals surface area contributed by atoms with E-state index in [0.29, 0.717) is 16.4 Å². The number of pyridine rings is 1. The Morgan fingerprint density at radius 1 is 1.45 bits per heavy atom. The first-order valence-electron chi connectivity index (χ1n) is 7.17. The molecule has 1 rings (SSSR count). The Morgan fingerprint density at radius 3 is 2.70 bits per heavy atom. The van der Waals surface area contributed by atoms with Crippen LogP contribution in [-0.2, 0) is 0 Å². The molecule has 4 nitrogen and oxygen atoms in total. The highest BCUT2D eigenvalue weighted by atomic mass is 35.5. The normalized spacial score (nSPS) is 12.1. The lowest BCUT2D eigenvalue weighted by Crippen LogP contribution is -2.35. The molecule has 1 N–H and O–H groups in total. The van der Waals surface area contributed by atoms with E-state index in [1.165, 1.54) is 0 Å². The first-order valence-corrected chi connectivity index (χ1v) is 7.55. The van der Waals surface area contributed by atoms with Gasteiger partial charge in [-0.2, -0.15) is 0 Å². The molecule has 0 aliphatic rings. The molecule has 0 aliphatic heterocycles. The summed E-state index contributed by atoms with van der Waals surface area (Å²) in [7, 11) is 1.82. The molecule has 5 heteroatoms. The lowest BCUT2D eigenvalue weighted by atomic mass is 10.1. The summed E-state index contributed by atoms with van der Waals surface area (Å²) in [5.41, 5.74) is 0.530. The number of nitrogens with one attached hydrogen (secondary N) is 1. The van der Waals surface area contributed by atoms with Crippen LogP contribution >= 0.6 is 11.6 Å². The summed E-state index contributed by atoms with van der Waals surface area (Å²) in [6.45, 7) is 7.05. The molecular formula is C15H24ClN3O. The van der Waals surface area contributed by atoms with E-state index in [9.17, 15) is 4.79 Å². The van der Waals surface area contributed by atoms with Gasteiger partial charge in [0.1, 0.15) is 5.82 Å². The highest BCUT2D eigenvalue weighted by molar-refractivity contribution is 6.33. The second kappa shape index (κ2) is 8.10. The summed E-state index contributed by atoms with van der Waals surface area (Å²) in [6.07, 6.45) is 4.62. The first-order chi connectivity index (χ1) is 9.51. The third-order valence-electron chi connectivity index (χ3n) is 3.32. The number of aromatic nitrogens is 1. The Labute approximate surface area is 126 Å². The fourth-order valence-corrected chi connectivity index (χ4v) is 2.18. The van der Waals surface area contributed by atoms with Crippen molar-refractivity contribution in [2.45, 2.75) is 46.1 Å². The topological polar surface area (TPSA) is 45.2 Å². The molecule has 0 saturated heterocycles. The van der Waals surface area contributed by atoms with Crippen LogP contribution < -0.4 is 5.32 Å². The summed E-state index contributed by atoms with van der Waals surface area (Å²) < 4.78 is 0. The van der Waals surface area contributed by atoms with Gasteiger partial charge >= 0.3 is 0 Å². The lowest BCUT2D eigenvalue weighted by molar-refractivity contribution is 0.0736. The zero-order valence-corrected chi connectivity index (χ0v) is 13.5. The standard InChI is InChI=1S/C15H24ClN3O/c1-5-7-11(3)19(4)15(20)12-9-13(16)14(18-10-12)17-8-6-2/h9-11H,5-8H2,1-4H3,(H,17,18). The first kappa shape index (κ1) is 16.8. The van der Waals surface area contributed by atoms with E-state index in [-0.39, 0.29) is 11.9 Å². The Balaban J connectivity index is 2.81. The molecule has 1 unspecified atom stereocenters. The van der Waals surface area contributed by atoms with Crippen molar-refractivity contribution in [3.05, 3.63) is 22.8 Å². The van der Waals surface area contributed by atoms with Gasteiger partial charge in [0.25, 0.3) is 5.91 Å². The van der Waals surface area contributed by atoms with E-state index in [4.69, 9.17) is 11.6 Å². The zero-order valence-electron chi connectivity index (χ0n) is 12.7. The minimum atomic E-state index is -0.0395. The molecule has 0 aromatic carbocycles. The third kappa shape index (κ3) is 4.37. The van der Waals surface area contributed by atoms with Gasteiger partial charge in [-0.1, -0.05) is 31.9 Å². The molecule has 0 fully saturated rings. The van der Waals surface area contributed by atoms with E-state index < -0.39 is 0 Å². The van der Waals surface area contributed by atoms with Crippen molar-refractivity contribution in [3.63, 3.8) is 0 Å². The minimum Gasteiger partial charge on any atom is -0.369 e. The highest BCUT2D eigenvalue weighted by Crippen LogP contribution is 2.21. The monoisotopic (exact) mass is 297 g/mol. The third-order valence-corrected chi connectivity index (χ3v) is 3.61. The van der Waals surface area contributed by atoms with E-state index >= 15 is 0 Å². The van der Waals surface area contributed by atoms with Crippen molar-refractivity contribution < 1.29 is 4.79 Å². The van der Waals surface area contributed by atoms with Crippen LogP contribution in [0.5, 0.6) is 0 Å². The van der Waals surface area contributed by atoms with Gasteiger partial charge in [-0.15, -0.1) is 0 Å². The van der Waals surface area contributed by atoms with Gasteiger partial charge < -0.3 is 10.2 Å². The Bertz CT molecular complexity index is 451. The van der Waals surface area contributed by atoms with E-state index in [2.05, 4.69) is 24.1 Å². The summed E-state index contributed by atoms with van der Waals surface area (Å²) in [4.78, 5) is 18.3. The highest BCUT2D eigenvalue weighted by Gasteiger charge is 2.18. The molecule has 1 amide bonds. The number of carbonyl (C=O) groups is 1. The molecule has 1 heterocycles. The van der Waals surface area contributed by atoms with Crippen LogP contribution in [0.15, 0.2) is 12.3 Å². The van der Waals surface area contributed by atoms with Crippen LogP contribution in [0.4, 0.5) is 5.82 Å². The fourth-order valence-electron chi connectivity index (χ4n) is 1.94. The SMILES string of the molecule is CCCNc1ncc(C(=O)N(C)C(C)CCC)cc1Cl. The predicted octanol–water partition coefficient (Wildman–Crippen LogP) is 3.82. The van der Waals surface area contributed by atoms with Crippen LogP contribution in [0, 0.1) is 0 Å². The molecule has 1 aromatic heterocycles. The molecule has 112 valence electrons. The van der Waals surface area contributed by atoms with E-state index in [0.717, 1.165) is 25.8 Å². The number of rotatable bonds is 7. The van der Waals surface area contributed by atoms with Crippen LogP contribution in [0.3, 0.4) is 0 Å². The molecule has 0 radical (unpaired) electrons. The number of nitrogens with zero attached hydrogens (tertiary/aromatic N) is 2. The van der Waals surface area contributed by atoms with Crippen molar-refractivity contribution in [1.82, 2.24) is 9.88 Å². The van der Waals surface area contributed by atoms with Gasteiger partial charge in [0.15, 0.2) is 0 Å². The molecule has 0 spiro atoms. The Morgan fingerprint density at radius 2 is 2.15 bits per heavy atom. The van der Waals surface area contributed by atoms with E-state index in [1.54, 1.807) is 17.2 Å². The van der Waals surface area contributed by atoms with Crippen molar-refractivity contribution in [1.29, 1.82) is 0 Å². The van der Waals surface area contributed by atoms with Gasteiger partial charge in [-0.25, -0.2) is 4.98 Å². The number of hydrogen-bond donors (Lipinski definition) is 1. The van der Waals surface area contributed by atoms with Gasteiger partial charge in [0.2, 0.25) is 0 Å². The number of halogens is 1. The maximum Gasteiger partial charge on any atom is 0.255 e. The molecule has 1 atom stereocenters. The molecule has 0 aliphatic carbocycles. The van der Waals surface area contributed by atoms with Crippen molar-refractivity contribution in [2.24, 2.45) is 0 Å². The average molecular weight is 298 g/mol. The molecular weight excluding hydrogens is 274 g/mol. The lowest BCUT2D eigenvalue weighted by Gasteiger charge is -2.24. The Kier molecular flexibility index (Phi) is 6.79. The second-order valence-corrected chi connectivity index (χ2v) is 5.44. The number of hydrogen-bond acceptors (Lipinski definition) is 3. The molecule has 1 aromatic rings. The number of anilines is 1.